The zero-order valence-electron chi connectivity index (χ0n) is 20.6. The van der Waals surface area contributed by atoms with E-state index in [9.17, 15) is 4.57 Å². The van der Waals surface area contributed by atoms with Crippen molar-refractivity contribution in [2.75, 3.05) is 19.8 Å². The summed E-state index contributed by atoms with van der Waals surface area (Å²) in [6.07, 6.45) is 19.4. The van der Waals surface area contributed by atoms with Crippen molar-refractivity contribution in [3.05, 3.63) is 0 Å². The molecule has 188 valence electrons. The van der Waals surface area contributed by atoms with E-state index in [1.54, 1.807) is 0 Å². The summed E-state index contributed by atoms with van der Waals surface area (Å²) < 4.78 is 27.3. The van der Waals surface area contributed by atoms with E-state index >= 15 is 0 Å². The number of hydrogen-bond acceptors (Lipinski definition) is 4. The van der Waals surface area contributed by atoms with Crippen molar-refractivity contribution in [2.45, 2.75) is 136 Å². The molecule has 0 aromatic carbocycles. The molecule has 2 unspecified atom stereocenters. The Kier molecular flexibility index (Phi) is 21.9. The topological polar surface area (TPSA) is 85.2 Å². The summed E-state index contributed by atoms with van der Waals surface area (Å²) in [7, 11) is -4.39. The van der Waals surface area contributed by atoms with E-state index in [1.807, 2.05) is 6.92 Å². The normalized spacial score (nSPS) is 14.1. The molecule has 0 saturated heterocycles. The lowest BCUT2D eigenvalue weighted by Crippen LogP contribution is -2.30. The van der Waals surface area contributed by atoms with Crippen LogP contribution >= 0.6 is 7.82 Å². The van der Waals surface area contributed by atoms with E-state index in [0.29, 0.717) is 13.0 Å². The van der Waals surface area contributed by atoms with E-state index in [1.165, 1.54) is 77.0 Å². The van der Waals surface area contributed by atoms with Gasteiger partial charge in [0.05, 0.1) is 18.8 Å². The number of phosphoric acid groups is 1. The van der Waals surface area contributed by atoms with Gasteiger partial charge in [0.1, 0.15) is 0 Å². The summed E-state index contributed by atoms with van der Waals surface area (Å²) >= 11 is 0. The highest BCUT2D eigenvalue weighted by Crippen LogP contribution is 2.35. The first-order chi connectivity index (χ1) is 14.9. The molecule has 0 fully saturated rings. The van der Waals surface area contributed by atoms with E-state index < -0.39 is 7.82 Å². The van der Waals surface area contributed by atoms with E-state index in [0.717, 1.165) is 25.9 Å². The van der Waals surface area contributed by atoms with E-state index in [-0.39, 0.29) is 18.8 Å². The number of hydrogen-bond donors (Lipinski definition) is 2. The fraction of sp³-hybridized carbons (Fsp3) is 1.00. The van der Waals surface area contributed by atoms with Crippen molar-refractivity contribution in [3.8, 4) is 0 Å². The van der Waals surface area contributed by atoms with Crippen LogP contribution in [0.2, 0.25) is 0 Å². The minimum Gasteiger partial charge on any atom is -0.376 e. The van der Waals surface area contributed by atoms with E-state index in [4.69, 9.17) is 19.3 Å². The van der Waals surface area contributed by atoms with Crippen LogP contribution in [0.25, 0.3) is 0 Å². The van der Waals surface area contributed by atoms with Crippen molar-refractivity contribution in [1.29, 1.82) is 0 Å². The second kappa shape index (κ2) is 21.9. The van der Waals surface area contributed by atoms with Gasteiger partial charge in [-0.25, -0.2) is 4.57 Å². The number of rotatable bonds is 24. The minimum atomic E-state index is -4.39. The van der Waals surface area contributed by atoms with Crippen LogP contribution in [0.1, 0.15) is 124 Å². The zero-order chi connectivity index (χ0) is 23.2. The molecule has 6 nitrogen and oxygen atoms in total. The fourth-order valence-electron chi connectivity index (χ4n) is 3.67. The highest BCUT2D eigenvalue weighted by molar-refractivity contribution is 7.46. The number of phosphoric ester groups is 1. The molecular weight excluding hydrogens is 415 g/mol. The van der Waals surface area contributed by atoms with Gasteiger partial charge in [-0.3, -0.25) is 4.52 Å². The molecule has 0 aromatic heterocycles. The van der Waals surface area contributed by atoms with Gasteiger partial charge in [0, 0.05) is 13.2 Å². The van der Waals surface area contributed by atoms with Gasteiger partial charge < -0.3 is 19.3 Å². The lowest BCUT2D eigenvalue weighted by molar-refractivity contribution is -0.0717. The second-order valence-corrected chi connectivity index (χ2v) is 9.93. The molecule has 7 heteroatoms. The van der Waals surface area contributed by atoms with Crippen LogP contribution in [0.4, 0.5) is 0 Å². The Hall–Kier alpha value is 0.0300. The molecule has 0 aliphatic heterocycles. The third-order valence-corrected chi connectivity index (χ3v) is 6.14. The first-order valence-corrected chi connectivity index (χ1v) is 14.4. The molecular formula is C24H51O6P. The lowest BCUT2D eigenvalue weighted by atomic mass is 10.0. The Labute approximate surface area is 192 Å². The summed E-state index contributed by atoms with van der Waals surface area (Å²) in [5.74, 6) is 0. The van der Waals surface area contributed by atoms with Crippen molar-refractivity contribution < 1.29 is 28.3 Å². The SMILES string of the molecule is CCCCCCCCCCOC(CCCCCCCC)C(C)OCCCOP(=O)(O)O. The summed E-state index contributed by atoms with van der Waals surface area (Å²) in [6.45, 7) is 7.72. The highest BCUT2D eigenvalue weighted by atomic mass is 31.2. The highest BCUT2D eigenvalue weighted by Gasteiger charge is 2.19. The van der Waals surface area contributed by atoms with Crippen molar-refractivity contribution in [3.63, 3.8) is 0 Å². The second-order valence-electron chi connectivity index (χ2n) is 8.69. The molecule has 0 amide bonds. The van der Waals surface area contributed by atoms with Gasteiger partial charge in [-0.05, 0) is 26.2 Å². The molecule has 2 atom stereocenters. The first kappa shape index (κ1) is 31.0. The fourth-order valence-corrected chi connectivity index (χ4v) is 4.04. The van der Waals surface area contributed by atoms with E-state index in [2.05, 4.69) is 18.4 Å². The maximum absolute atomic E-state index is 10.7. The summed E-state index contributed by atoms with van der Waals surface area (Å²) in [6, 6.07) is 0. The van der Waals surface area contributed by atoms with Crippen molar-refractivity contribution in [2.24, 2.45) is 0 Å². The molecule has 0 aliphatic carbocycles. The first-order valence-electron chi connectivity index (χ1n) is 12.8. The monoisotopic (exact) mass is 466 g/mol. The van der Waals surface area contributed by atoms with Crippen LogP contribution in [0, 0.1) is 0 Å². The van der Waals surface area contributed by atoms with Crippen LogP contribution in [-0.4, -0.2) is 41.8 Å². The van der Waals surface area contributed by atoms with Crippen LogP contribution in [-0.2, 0) is 18.6 Å². The standard InChI is InChI=1S/C24H51O6P/c1-4-6-8-10-12-13-15-17-20-29-24(19-16-14-11-9-7-5-2)23(3)28-21-18-22-30-31(25,26)27/h23-24H,4-22H2,1-3H3,(H2,25,26,27). The maximum atomic E-state index is 10.7. The third kappa shape index (κ3) is 23.0. The Morgan fingerprint density at radius 1 is 0.645 bits per heavy atom. The molecule has 0 aliphatic rings. The molecule has 0 spiro atoms. The van der Waals surface area contributed by atoms with Gasteiger partial charge in [0.15, 0.2) is 0 Å². The minimum absolute atomic E-state index is 0.00178. The van der Waals surface area contributed by atoms with Gasteiger partial charge >= 0.3 is 7.82 Å². The van der Waals surface area contributed by atoms with Crippen LogP contribution in [0.5, 0.6) is 0 Å². The van der Waals surface area contributed by atoms with Crippen molar-refractivity contribution >= 4 is 7.82 Å². The Bertz CT molecular complexity index is 415. The molecule has 0 radical (unpaired) electrons. The van der Waals surface area contributed by atoms with Crippen LogP contribution in [0.15, 0.2) is 0 Å². The quantitative estimate of drug-likeness (QED) is 0.116. The van der Waals surface area contributed by atoms with Crippen molar-refractivity contribution in [1.82, 2.24) is 0 Å². The predicted octanol–water partition coefficient (Wildman–Crippen LogP) is 7.17. The molecule has 31 heavy (non-hydrogen) atoms. The Morgan fingerprint density at radius 2 is 1.13 bits per heavy atom. The number of unbranched alkanes of at least 4 members (excludes halogenated alkanes) is 12. The van der Waals surface area contributed by atoms with Gasteiger partial charge in [0.2, 0.25) is 0 Å². The van der Waals surface area contributed by atoms with Crippen LogP contribution < -0.4 is 0 Å². The average Bonchev–Trinajstić information content (AvgIpc) is 2.72. The molecule has 0 heterocycles. The summed E-state index contributed by atoms with van der Waals surface area (Å²) in [5.41, 5.74) is 0. The molecule has 0 saturated carbocycles. The Balaban J connectivity index is 4.08. The van der Waals surface area contributed by atoms with Gasteiger partial charge in [-0.15, -0.1) is 0 Å². The molecule has 0 aromatic rings. The van der Waals surface area contributed by atoms with Gasteiger partial charge in [0.25, 0.3) is 0 Å². The number of ether oxygens (including phenoxy) is 2. The Morgan fingerprint density at radius 3 is 1.68 bits per heavy atom. The van der Waals surface area contributed by atoms with Gasteiger partial charge in [-0.1, -0.05) is 97.3 Å². The molecule has 0 bridgehead atoms. The molecule has 2 N–H and O–H groups in total. The summed E-state index contributed by atoms with van der Waals surface area (Å²) in [5, 5.41) is 0. The largest absolute Gasteiger partial charge is 0.469 e. The summed E-state index contributed by atoms with van der Waals surface area (Å²) in [4.78, 5) is 17.5. The average molecular weight is 467 g/mol. The third-order valence-electron chi connectivity index (χ3n) is 5.62. The maximum Gasteiger partial charge on any atom is 0.469 e. The smallest absolute Gasteiger partial charge is 0.376 e. The van der Waals surface area contributed by atoms with Gasteiger partial charge in [-0.2, -0.15) is 0 Å². The lowest BCUT2D eigenvalue weighted by Gasteiger charge is -2.25. The van der Waals surface area contributed by atoms with Crippen LogP contribution in [0.3, 0.4) is 0 Å². The molecule has 0 rings (SSSR count). The zero-order valence-corrected chi connectivity index (χ0v) is 21.5. The predicted molar refractivity (Wildman–Crippen MR) is 128 cm³/mol.